The number of fused-ring (bicyclic) bond motifs is 4. The first-order chi connectivity index (χ1) is 21.7. The minimum atomic E-state index is -1.77. The molecule has 0 nitrogen and oxygen atoms in total. The maximum absolute atomic E-state index is 2.73. The van der Waals surface area contributed by atoms with Gasteiger partial charge in [-0.1, -0.05) is 155 Å². The minimum Gasteiger partial charge on any atom is -0.0928 e. The molecule has 0 amide bonds. The van der Waals surface area contributed by atoms with Crippen LogP contribution < -0.4 is 0 Å². The van der Waals surface area contributed by atoms with Gasteiger partial charge >= 0.3 is 0 Å². The lowest BCUT2D eigenvalue weighted by molar-refractivity contribution is 0.834. The molecule has 0 saturated carbocycles. The predicted octanol–water partition coefficient (Wildman–Crippen LogP) is 14.8. The Bertz CT molecular complexity index is 1640. The van der Waals surface area contributed by atoms with E-state index in [2.05, 4.69) is 179 Å². The van der Waals surface area contributed by atoms with Crippen LogP contribution in [0.4, 0.5) is 0 Å². The van der Waals surface area contributed by atoms with Crippen molar-refractivity contribution in [2.75, 3.05) is 0 Å². The number of benzene rings is 5. The molecule has 0 aliphatic rings. The topological polar surface area (TPSA) is 0 Å². The van der Waals surface area contributed by atoms with Crippen molar-refractivity contribution in [1.82, 2.24) is 0 Å². The van der Waals surface area contributed by atoms with Crippen LogP contribution in [-0.4, -0.2) is 16.1 Å². The van der Waals surface area contributed by atoms with Gasteiger partial charge in [0.25, 0.3) is 0 Å². The molecule has 0 atom stereocenters. The van der Waals surface area contributed by atoms with Crippen molar-refractivity contribution >= 4 is 71.4 Å². The first-order valence-electron chi connectivity index (χ1n) is 17.9. The van der Waals surface area contributed by atoms with E-state index in [0.717, 1.165) is 0 Å². The van der Waals surface area contributed by atoms with Crippen molar-refractivity contribution in [3.63, 3.8) is 0 Å². The molecule has 46 heavy (non-hydrogen) atoms. The molecule has 0 saturated heterocycles. The monoisotopic (exact) mass is 642 g/mol. The van der Waals surface area contributed by atoms with Gasteiger partial charge < -0.3 is 0 Å². The standard InChI is InChI=1S/C44H58Si2/c1-29(2)45(30(3)4,31(5)6)23-21-39-41-25-35-17-13-15-19-37(35)27-43(41)40(22-24-46(32(7)8,33(9)10)34(11)12)44-28-38-20-16-14-18-36(38)26-42(39)44/h13-34H,1-12H3. The lowest BCUT2D eigenvalue weighted by Crippen LogP contribution is -2.42. The van der Waals surface area contributed by atoms with Crippen LogP contribution in [0.1, 0.15) is 94.2 Å². The highest BCUT2D eigenvalue weighted by Crippen LogP contribution is 2.46. The summed E-state index contributed by atoms with van der Waals surface area (Å²) in [6.07, 6.45) is 5.15. The molecule has 0 aliphatic carbocycles. The Hall–Kier alpha value is -2.95. The third-order valence-electron chi connectivity index (χ3n) is 12.0. The number of rotatable bonds is 10. The smallest absolute Gasteiger partial charge is 0.0853 e. The van der Waals surface area contributed by atoms with Crippen molar-refractivity contribution < 1.29 is 0 Å². The van der Waals surface area contributed by atoms with Gasteiger partial charge in [-0.25, -0.2) is 0 Å². The van der Waals surface area contributed by atoms with Gasteiger partial charge in [0.1, 0.15) is 0 Å². The van der Waals surface area contributed by atoms with Crippen LogP contribution in [0.15, 0.2) is 84.2 Å². The molecule has 5 rings (SSSR count). The third kappa shape index (κ3) is 5.75. The second kappa shape index (κ2) is 13.3. The molecule has 0 aromatic heterocycles. The van der Waals surface area contributed by atoms with Crippen LogP contribution in [0.25, 0.3) is 55.2 Å². The van der Waals surface area contributed by atoms with E-state index in [1.54, 1.807) is 0 Å². The molecular formula is C44H58Si2. The molecule has 0 radical (unpaired) electrons. The molecule has 5 aromatic rings. The van der Waals surface area contributed by atoms with E-state index in [0.29, 0.717) is 33.2 Å². The van der Waals surface area contributed by atoms with Crippen LogP contribution in [-0.2, 0) is 0 Å². The van der Waals surface area contributed by atoms with Crippen LogP contribution >= 0.6 is 0 Å². The molecule has 0 N–H and O–H groups in total. The lowest BCUT2D eigenvalue weighted by atomic mass is 9.88. The zero-order valence-corrected chi connectivity index (χ0v) is 32.7. The fraction of sp³-hybridized carbons (Fsp3) is 0.409. The Morgan fingerprint density at radius 2 is 0.587 bits per heavy atom. The number of hydrogen-bond acceptors (Lipinski definition) is 0. The SMILES string of the molecule is CC(C)[Si](C=Cc1c2cc3ccccc3cc2c(C=C[Si](C(C)C)(C(C)C)C(C)C)c2cc3ccccc3cc12)(C(C)C)C(C)C. The largest absolute Gasteiger partial charge is 0.0928 e. The summed E-state index contributed by atoms with van der Waals surface area (Å²) < 4.78 is 0. The molecular weight excluding hydrogens is 585 g/mol. The van der Waals surface area contributed by atoms with Crippen molar-refractivity contribution in [3.05, 3.63) is 95.3 Å². The quantitative estimate of drug-likeness (QED) is 0.105. The predicted molar refractivity (Wildman–Crippen MR) is 217 cm³/mol. The third-order valence-corrected chi connectivity index (χ3v) is 25.5. The zero-order chi connectivity index (χ0) is 33.6. The summed E-state index contributed by atoms with van der Waals surface area (Å²) in [5.74, 6) is 0. The van der Waals surface area contributed by atoms with E-state index in [1.165, 1.54) is 54.2 Å². The van der Waals surface area contributed by atoms with Gasteiger partial charge in [0.2, 0.25) is 0 Å². The van der Waals surface area contributed by atoms with Gasteiger partial charge in [-0.05, 0) is 112 Å². The molecule has 0 fully saturated rings. The Balaban J connectivity index is 1.98. The molecule has 0 spiro atoms. The first kappa shape index (κ1) is 34.4. The maximum Gasteiger partial charge on any atom is 0.0853 e. The van der Waals surface area contributed by atoms with Crippen molar-refractivity contribution in [3.8, 4) is 0 Å². The van der Waals surface area contributed by atoms with Crippen LogP contribution in [0.2, 0.25) is 33.2 Å². The van der Waals surface area contributed by atoms with Crippen molar-refractivity contribution in [2.24, 2.45) is 0 Å². The van der Waals surface area contributed by atoms with Crippen molar-refractivity contribution in [1.29, 1.82) is 0 Å². The Morgan fingerprint density at radius 3 is 0.783 bits per heavy atom. The lowest BCUT2D eigenvalue weighted by Gasteiger charge is -2.41. The van der Waals surface area contributed by atoms with Gasteiger partial charge in [0, 0.05) is 0 Å². The second-order valence-corrected chi connectivity index (χ2v) is 27.5. The Morgan fingerprint density at radius 1 is 0.370 bits per heavy atom. The molecule has 5 aromatic carbocycles. The Kier molecular flexibility index (Phi) is 9.93. The fourth-order valence-electron chi connectivity index (χ4n) is 9.63. The fourth-order valence-corrected chi connectivity index (χ4v) is 20.9. The second-order valence-electron chi connectivity index (χ2n) is 15.9. The van der Waals surface area contributed by atoms with Gasteiger partial charge in [-0.3, -0.25) is 0 Å². The van der Waals surface area contributed by atoms with E-state index in [1.807, 2.05) is 0 Å². The van der Waals surface area contributed by atoms with E-state index in [-0.39, 0.29) is 0 Å². The highest BCUT2D eigenvalue weighted by atomic mass is 28.3. The molecule has 0 heterocycles. The summed E-state index contributed by atoms with van der Waals surface area (Å²) in [6, 6.07) is 27.8. The average Bonchev–Trinajstić information content (AvgIpc) is 2.99. The highest BCUT2D eigenvalue weighted by molar-refractivity contribution is 6.89. The molecule has 0 aliphatic heterocycles. The summed E-state index contributed by atoms with van der Waals surface area (Å²) in [7, 11) is -3.55. The normalized spacial score (nSPS) is 13.8. The summed E-state index contributed by atoms with van der Waals surface area (Å²) >= 11 is 0. The molecule has 0 bridgehead atoms. The highest BCUT2D eigenvalue weighted by Gasteiger charge is 2.41. The average molecular weight is 643 g/mol. The summed E-state index contributed by atoms with van der Waals surface area (Å²) in [4.78, 5) is 0. The van der Waals surface area contributed by atoms with Gasteiger partial charge in [0.15, 0.2) is 0 Å². The first-order valence-corrected chi connectivity index (χ1v) is 22.6. The zero-order valence-electron chi connectivity index (χ0n) is 30.7. The maximum atomic E-state index is 2.73. The van der Waals surface area contributed by atoms with Gasteiger partial charge in [-0.2, -0.15) is 0 Å². The van der Waals surface area contributed by atoms with Crippen LogP contribution in [0.5, 0.6) is 0 Å². The minimum absolute atomic E-state index is 0.673. The molecule has 0 unspecified atom stereocenters. The van der Waals surface area contributed by atoms with Gasteiger partial charge in [-0.15, -0.1) is 0 Å². The van der Waals surface area contributed by atoms with Crippen LogP contribution in [0, 0.1) is 0 Å². The van der Waals surface area contributed by atoms with E-state index in [4.69, 9.17) is 0 Å². The van der Waals surface area contributed by atoms with Crippen molar-refractivity contribution in [2.45, 2.75) is 116 Å². The molecule has 242 valence electrons. The van der Waals surface area contributed by atoms with E-state index < -0.39 is 16.1 Å². The summed E-state index contributed by atoms with van der Waals surface area (Å²) in [5, 5.41) is 10.8. The number of hydrogen-bond donors (Lipinski definition) is 0. The van der Waals surface area contributed by atoms with Crippen LogP contribution in [0.3, 0.4) is 0 Å². The van der Waals surface area contributed by atoms with E-state index >= 15 is 0 Å². The Labute approximate surface area is 282 Å². The summed E-state index contributed by atoms with van der Waals surface area (Å²) in [5.41, 5.74) is 12.3. The summed E-state index contributed by atoms with van der Waals surface area (Å²) in [6.45, 7) is 29.6. The van der Waals surface area contributed by atoms with E-state index in [9.17, 15) is 0 Å². The molecule has 2 heteroatoms. The van der Waals surface area contributed by atoms with Gasteiger partial charge in [0.05, 0.1) is 16.1 Å².